The SMILES string of the molecule is CCN1CCCN(S(=O)(=O)c2c(C)c(C)cc(C)c2C)CC1. The molecule has 0 aliphatic carbocycles. The molecule has 1 aliphatic rings. The summed E-state index contributed by atoms with van der Waals surface area (Å²) in [6.45, 7) is 13.9. The summed E-state index contributed by atoms with van der Waals surface area (Å²) in [5.74, 6) is 0. The van der Waals surface area contributed by atoms with Crippen LogP contribution in [0.4, 0.5) is 0 Å². The minimum absolute atomic E-state index is 0.523. The minimum Gasteiger partial charge on any atom is -0.302 e. The van der Waals surface area contributed by atoms with Gasteiger partial charge in [0.1, 0.15) is 0 Å². The Hall–Kier alpha value is -0.910. The van der Waals surface area contributed by atoms with Crippen LogP contribution in [0.2, 0.25) is 0 Å². The molecule has 0 N–H and O–H groups in total. The third kappa shape index (κ3) is 3.21. The Morgan fingerprint density at radius 3 is 2.09 bits per heavy atom. The largest absolute Gasteiger partial charge is 0.302 e. The molecule has 0 amide bonds. The first-order valence-electron chi connectivity index (χ1n) is 8.09. The second-order valence-corrected chi connectivity index (χ2v) is 8.16. The zero-order chi connectivity index (χ0) is 16.5. The van der Waals surface area contributed by atoms with Crippen molar-refractivity contribution in [3.8, 4) is 0 Å². The van der Waals surface area contributed by atoms with Crippen molar-refractivity contribution < 1.29 is 8.42 Å². The van der Waals surface area contributed by atoms with E-state index in [0.29, 0.717) is 18.0 Å². The first-order valence-corrected chi connectivity index (χ1v) is 9.53. The molecule has 1 heterocycles. The third-order valence-electron chi connectivity index (χ3n) is 4.89. The van der Waals surface area contributed by atoms with Crippen LogP contribution in [-0.2, 0) is 10.0 Å². The molecule has 0 unspecified atom stereocenters. The van der Waals surface area contributed by atoms with E-state index < -0.39 is 10.0 Å². The lowest BCUT2D eigenvalue weighted by atomic mass is 10.0. The zero-order valence-corrected chi connectivity index (χ0v) is 15.3. The van der Waals surface area contributed by atoms with Gasteiger partial charge in [-0.05, 0) is 69.5 Å². The summed E-state index contributed by atoms with van der Waals surface area (Å²) in [6.07, 6.45) is 0.899. The third-order valence-corrected chi connectivity index (χ3v) is 7.06. The molecule has 1 saturated heterocycles. The minimum atomic E-state index is -3.42. The molecule has 0 aromatic heterocycles. The number of likely N-dealkylation sites (N-methyl/N-ethyl adjacent to an activating group) is 1. The van der Waals surface area contributed by atoms with Crippen molar-refractivity contribution in [2.24, 2.45) is 0 Å². The molecule has 1 fully saturated rings. The van der Waals surface area contributed by atoms with Crippen LogP contribution in [-0.4, -0.2) is 50.3 Å². The predicted molar refractivity (Wildman–Crippen MR) is 90.9 cm³/mol. The van der Waals surface area contributed by atoms with Crippen LogP contribution in [0.25, 0.3) is 0 Å². The average Bonchev–Trinajstić information content (AvgIpc) is 2.71. The Morgan fingerprint density at radius 1 is 0.955 bits per heavy atom. The highest BCUT2D eigenvalue weighted by Crippen LogP contribution is 2.29. The highest BCUT2D eigenvalue weighted by Gasteiger charge is 2.30. The molecule has 5 heteroatoms. The van der Waals surface area contributed by atoms with Crippen LogP contribution in [0.15, 0.2) is 11.0 Å². The number of hydrogen-bond acceptors (Lipinski definition) is 3. The van der Waals surface area contributed by atoms with E-state index in [-0.39, 0.29) is 0 Å². The topological polar surface area (TPSA) is 40.6 Å². The van der Waals surface area contributed by atoms with E-state index >= 15 is 0 Å². The van der Waals surface area contributed by atoms with Gasteiger partial charge in [-0.1, -0.05) is 13.0 Å². The Kier molecular flexibility index (Phi) is 5.30. The Morgan fingerprint density at radius 2 is 1.55 bits per heavy atom. The number of aryl methyl sites for hydroxylation is 2. The maximum atomic E-state index is 13.2. The van der Waals surface area contributed by atoms with E-state index in [2.05, 4.69) is 17.9 Å². The summed E-state index contributed by atoms with van der Waals surface area (Å²) < 4.78 is 28.1. The van der Waals surface area contributed by atoms with Crippen molar-refractivity contribution in [2.45, 2.75) is 45.9 Å². The van der Waals surface area contributed by atoms with Gasteiger partial charge < -0.3 is 4.90 Å². The van der Waals surface area contributed by atoms with E-state index in [9.17, 15) is 8.42 Å². The summed E-state index contributed by atoms with van der Waals surface area (Å²) in [6, 6.07) is 2.07. The first kappa shape index (κ1) is 17.4. The number of benzene rings is 1. The van der Waals surface area contributed by atoms with Gasteiger partial charge >= 0.3 is 0 Å². The normalized spacial score (nSPS) is 18.4. The molecule has 1 aromatic rings. The summed E-state index contributed by atoms with van der Waals surface area (Å²) >= 11 is 0. The monoisotopic (exact) mass is 324 g/mol. The summed E-state index contributed by atoms with van der Waals surface area (Å²) in [5.41, 5.74) is 3.87. The fraction of sp³-hybridized carbons (Fsp3) is 0.647. The van der Waals surface area contributed by atoms with Crippen molar-refractivity contribution >= 4 is 10.0 Å². The molecule has 1 aromatic carbocycles. The molecule has 0 saturated carbocycles. The summed E-state index contributed by atoms with van der Waals surface area (Å²) in [5, 5.41) is 0. The van der Waals surface area contributed by atoms with E-state index in [1.165, 1.54) is 0 Å². The second kappa shape index (κ2) is 6.69. The molecular weight excluding hydrogens is 296 g/mol. The van der Waals surface area contributed by atoms with Gasteiger partial charge in [0, 0.05) is 19.6 Å². The molecule has 0 radical (unpaired) electrons. The van der Waals surface area contributed by atoms with E-state index in [0.717, 1.165) is 48.3 Å². The molecule has 1 aliphatic heterocycles. The lowest BCUT2D eigenvalue weighted by molar-refractivity contribution is 0.302. The van der Waals surface area contributed by atoms with Crippen molar-refractivity contribution in [1.29, 1.82) is 0 Å². The van der Waals surface area contributed by atoms with Crippen LogP contribution in [0.5, 0.6) is 0 Å². The smallest absolute Gasteiger partial charge is 0.243 e. The van der Waals surface area contributed by atoms with Gasteiger partial charge in [0.15, 0.2) is 0 Å². The van der Waals surface area contributed by atoms with Crippen LogP contribution in [0.1, 0.15) is 35.6 Å². The quantitative estimate of drug-likeness (QED) is 0.858. The highest BCUT2D eigenvalue weighted by atomic mass is 32.2. The maximum Gasteiger partial charge on any atom is 0.243 e. The fourth-order valence-corrected chi connectivity index (χ4v) is 5.25. The second-order valence-electron chi connectivity index (χ2n) is 6.28. The lowest BCUT2D eigenvalue weighted by Crippen LogP contribution is -2.36. The molecule has 0 bridgehead atoms. The van der Waals surface area contributed by atoms with Gasteiger partial charge in [-0.25, -0.2) is 8.42 Å². The maximum absolute atomic E-state index is 13.2. The van der Waals surface area contributed by atoms with E-state index in [4.69, 9.17) is 0 Å². The van der Waals surface area contributed by atoms with Gasteiger partial charge in [0.25, 0.3) is 0 Å². The van der Waals surface area contributed by atoms with Gasteiger partial charge in [-0.2, -0.15) is 4.31 Å². The van der Waals surface area contributed by atoms with Crippen molar-refractivity contribution in [1.82, 2.24) is 9.21 Å². The molecule has 4 nitrogen and oxygen atoms in total. The fourth-order valence-electron chi connectivity index (χ4n) is 3.20. The molecule has 0 spiro atoms. The van der Waals surface area contributed by atoms with Crippen LogP contribution in [0.3, 0.4) is 0 Å². The molecule has 22 heavy (non-hydrogen) atoms. The van der Waals surface area contributed by atoms with Gasteiger partial charge in [-0.15, -0.1) is 0 Å². The van der Waals surface area contributed by atoms with E-state index in [1.807, 2.05) is 27.7 Å². The number of sulfonamides is 1. The van der Waals surface area contributed by atoms with Crippen molar-refractivity contribution in [3.63, 3.8) is 0 Å². The number of nitrogens with zero attached hydrogens (tertiary/aromatic N) is 2. The Balaban J connectivity index is 2.43. The van der Waals surface area contributed by atoms with Crippen LogP contribution >= 0.6 is 0 Å². The lowest BCUT2D eigenvalue weighted by Gasteiger charge is -2.24. The van der Waals surface area contributed by atoms with Crippen molar-refractivity contribution in [3.05, 3.63) is 28.3 Å². The van der Waals surface area contributed by atoms with Crippen LogP contribution < -0.4 is 0 Å². The standard InChI is InChI=1S/C17H28N2O2S/c1-6-18-8-7-9-19(11-10-18)22(20,21)17-15(4)13(2)12-14(3)16(17)5/h12H,6-11H2,1-5H3. The van der Waals surface area contributed by atoms with Gasteiger partial charge in [-0.3, -0.25) is 0 Å². The average molecular weight is 324 g/mol. The predicted octanol–water partition coefficient (Wildman–Crippen LogP) is 2.64. The molecular formula is C17H28N2O2S. The Labute approximate surface area is 135 Å². The van der Waals surface area contributed by atoms with Crippen molar-refractivity contribution in [2.75, 3.05) is 32.7 Å². The van der Waals surface area contributed by atoms with Gasteiger partial charge in [0.05, 0.1) is 4.90 Å². The summed E-state index contributed by atoms with van der Waals surface area (Å²) in [4.78, 5) is 2.84. The first-order chi connectivity index (χ1) is 10.3. The number of hydrogen-bond donors (Lipinski definition) is 0. The van der Waals surface area contributed by atoms with Crippen LogP contribution in [0, 0.1) is 27.7 Å². The number of rotatable bonds is 3. The molecule has 124 valence electrons. The summed E-state index contributed by atoms with van der Waals surface area (Å²) in [7, 11) is -3.42. The van der Waals surface area contributed by atoms with E-state index in [1.54, 1.807) is 4.31 Å². The molecule has 2 rings (SSSR count). The Bertz CT molecular complexity index is 627. The van der Waals surface area contributed by atoms with Gasteiger partial charge in [0.2, 0.25) is 10.0 Å². The zero-order valence-electron chi connectivity index (χ0n) is 14.4. The highest BCUT2D eigenvalue weighted by molar-refractivity contribution is 7.89. The molecule has 0 atom stereocenters.